The zero-order chi connectivity index (χ0) is 15.7. The van der Waals surface area contributed by atoms with Gasteiger partial charge in [0.25, 0.3) is 0 Å². The lowest BCUT2D eigenvalue weighted by Crippen LogP contribution is -2.53. The van der Waals surface area contributed by atoms with Crippen molar-refractivity contribution in [3.05, 3.63) is 5.51 Å². The van der Waals surface area contributed by atoms with Crippen LogP contribution in [0.15, 0.2) is 9.85 Å². The van der Waals surface area contributed by atoms with E-state index in [-0.39, 0.29) is 12.0 Å². The van der Waals surface area contributed by atoms with Gasteiger partial charge in [-0.1, -0.05) is 29.5 Å². The van der Waals surface area contributed by atoms with Gasteiger partial charge in [0, 0.05) is 11.8 Å². The van der Waals surface area contributed by atoms with E-state index < -0.39 is 5.54 Å². The second-order valence-electron chi connectivity index (χ2n) is 5.36. The van der Waals surface area contributed by atoms with E-state index in [2.05, 4.69) is 15.5 Å². The molecule has 0 bridgehead atoms. The van der Waals surface area contributed by atoms with Crippen molar-refractivity contribution in [1.82, 2.24) is 15.5 Å². The van der Waals surface area contributed by atoms with Crippen LogP contribution in [0, 0.1) is 0 Å². The van der Waals surface area contributed by atoms with Crippen molar-refractivity contribution in [2.75, 3.05) is 12.4 Å². The number of hydrogen-bond donors (Lipinski definition) is 1. The van der Waals surface area contributed by atoms with Crippen LogP contribution >= 0.6 is 23.1 Å². The fourth-order valence-corrected chi connectivity index (χ4v) is 3.68. The number of aromatic nitrogens is 2. The summed E-state index contributed by atoms with van der Waals surface area (Å²) in [6.45, 7) is 8.28. The summed E-state index contributed by atoms with van der Waals surface area (Å²) >= 11 is 3.28. The summed E-state index contributed by atoms with van der Waals surface area (Å²) in [4.78, 5) is 12.1. The van der Waals surface area contributed by atoms with Gasteiger partial charge in [-0.3, -0.25) is 10.1 Å². The molecule has 0 radical (unpaired) electrons. The molecule has 1 N–H and O–H groups in total. The highest BCUT2D eigenvalue weighted by Gasteiger charge is 2.34. The lowest BCUT2D eigenvalue weighted by molar-refractivity contribution is -0.151. The minimum absolute atomic E-state index is 0.157. The van der Waals surface area contributed by atoms with Crippen LogP contribution in [0.2, 0.25) is 0 Å². The van der Waals surface area contributed by atoms with Gasteiger partial charge in [0.05, 0.1) is 6.61 Å². The maximum absolute atomic E-state index is 12.1. The number of thioether (sulfide) groups is 1. The van der Waals surface area contributed by atoms with Crippen molar-refractivity contribution in [2.24, 2.45) is 0 Å². The van der Waals surface area contributed by atoms with E-state index >= 15 is 0 Å². The quantitative estimate of drug-likeness (QED) is 0.404. The van der Waals surface area contributed by atoms with Crippen LogP contribution in [0.5, 0.6) is 0 Å². The fraction of sp³-hybridized carbons (Fsp3) is 0.786. The van der Waals surface area contributed by atoms with Gasteiger partial charge in [-0.15, -0.1) is 10.2 Å². The van der Waals surface area contributed by atoms with Gasteiger partial charge in [-0.25, -0.2) is 0 Å². The molecule has 1 rings (SSSR count). The van der Waals surface area contributed by atoms with E-state index in [1.54, 1.807) is 28.6 Å². The number of hydrogen-bond acceptors (Lipinski definition) is 7. The molecule has 0 aromatic carbocycles. The minimum Gasteiger partial charge on any atom is -0.465 e. The third-order valence-corrected chi connectivity index (χ3v) is 4.92. The Kier molecular flexibility index (Phi) is 8.21. The third-order valence-electron chi connectivity index (χ3n) is 2.97. The van der Waals surface area contributed by atoms with Crippen molar-refractivity contribution in [3.8, 4) is 0 Å². The normalized spacial score (nSPS) is 14.1. The molecule has 1 atom stereocenters. The van der Waals surface area contributed by atoms with E-state index in [4.69, 9.17) is 4.74 Å². The van der Waals surface area contributed by atoms with Crippen LogP contribution in [0.25, 0.3) is 0 Å². The summed E-state index contributed by atoms with van der Waals surface area (Å²) in [5.74, 6) is 0.839. The van der Waals surface area contributed by atoms with Gasteiger partial charge in [-0.05, 0) is 40.5 Å². The molecule has 120 valence electrons. The van der Waals surface area contributed by atoms with E-state index in [1.807, 2.05) is 27.7 Å². The van der Waals surface area contributed by atoms with Crippen molar-refractivity contribution < 1.29 is 9.53 Å². The van der Waals surface area contributed by atoms with E-state index in [0.29, 0.717) is 6.61 Å². The molecule has 1 aromatic heterocycles. The topological polar surface area (TPSA) is 64.1 Å². The third kappa shape index (κ3) is 6.76. The standard InChI is InChI=1S/C14H25N3O2S2/c1-5-19-12(18)14(4,16-11(2)3)8-6-7-9-20-13-17-15-10-21-13/h10-11,16H,5-9H2,1-4H3. The molecule has 5 nitrogen and oxygen atoms in total. The van der Waals surface area contributed by atoms with Crippen LogP contribution in [-0.4, -0.2) is 40.1 Å². The van der Waals surface area contributed by atoms with Crippen LogP contribution in [0.3, 0.4) is 0 Å². The summed E-state index contributed by atoms with van der Waals surface area (Å²) in [6, 6.07) is 0.246. The first kappa shape index (κ1) is 18.4. The summed E-state index contributed by atoms with van der Waals surface area (Å²) < 4.78 is 6.20. The molecule has 7 heteroatoms. The molecule has 0 fully saturated rings. The number of esters is 1. The van der Waals surface area contributed by atoms with Gasteiger partial charge < -0.3 is 4.74 Å². The molecule has 21 heavy (non-hydrogen) atoms. The summed E-state index contributed by atoms with van der Waals surface area (Å²) in [5, 5.41) is 11.2. The van der Waals surface area contributed by atoms with Crippen molar-refractivity contribution in [3.63, 3.8) is 0 Å². The van der Waals surface area contributed by atoms with Gasteiger partial charge in [0.2, 0.25) is 0 Å². The maximum Gasteiger partial charge on any atom is 0.326 e. The Bertz CT molecular complexity index is 412. The molecule has 1 aromatic rings. The van der Waals surface area contributed by atoms with Crippen LogP contribution in [0.4, 0.5) is 0 Å². The first-order valence-corrected chi connectivity index (χ1v) is 9.18. The van der Waals surface area contributed by atoms with Crippen LogP contribution in [0.1, 0.15) is 47.0 Å². The van der Waals surface area contributed by atoms with Gasteiger partial charge >= 0.3 is 5.97 Å². The number of nitrogens with zero attached hydrogens (tertiary/aromatic N) is 2. The Balaban J connectivity index is 2.36. The number of nitrogens with one attached hydrogen (secondary N) is 1. The zero-order valence-corrected chi connectivity index (χ0v) is 14.9. The Labute approximate surface area is 135 Å². The smallest absolute Gasteiger partial charge is 0.326 e. The minimum atomic E-state index is -0.600. The van der Waals surface area contributed by atoms with Crippen LogP contribution in [-0.2, 0) is 9.53 Å². The van der Waals surface area contributed by atoms with E-state index in [1.165, 1.54) is 0 Å². The molecule has 0 aliphatic carbocycles. The van der Waals surface area contributed by atoms with Crippen molar-refractivity contribution >= 4 is 29.1 Å². The SMILES string of the molecule is CCOC(=O)C(C)(CCCCSc1nncs1)NC(C)C. The highest BCUT2D eigenvalue weighted by atomic mass is 32.2. The molecule has 1 unspecified atom stereocenters. The molecule has 0 saturated heterocycles. The molecule has 1 heterocycles. The molecule has 0 aliphatic heterocycles. The van der Waals surface area contributed by atoms with Gasteiger partial charge in [-0.2, -0.15) is 0 Å². The number of carbonyl (C=O) groups is 1. The molecular weight excluding hydrogens is 306 g/mol. The second-order valence-corrected chi connectivity index (χ2v) is 7.54. The van der Waals surface area contributed by atoms with Crippen LogP contribution < -0.4 is 5.32 Å². The first-order chi connectivity index (χ1) is 9.98. The number of ether oxygens (including phenoxy) is 1. The summed E-state index contributed by atoms with van der Waals surface area (Å²) in [6.07, 6.45) is 2.79. The lowest BCUT2D eigenvalue weighted by Gasteiger charge is -2.30. The van der Waals surface area contributed by atoms with E-state index in [0.717, 1.165) is 29.4 Å². The molecule has 0 aliphatic rings. The molecule has 0 spiro atoms. The summed E-state index contributed by atoms with van der Waals surface area (Å²) in [7, 11) is 0. The monoisotopic (exact) mass is 331 g/mol. The highest BCUT2D eigenvalue weighted by Crippen LogP contribution is 2.22. The molecular formula is C14H25N3O2S2. The highest BCUT2D eigenvalue weighted by molar-refractivity contribution is 8.00. The Morgan fingerprint density at radius 2 is 2.29 bits per heavy atom. The number of carbonyl (C=O) groups excluding carboxylic acids is 1. The Morgan fingerprint density at radius 1 is 1.52 bits per heavy atom. The molecule has 0 saturated carbocycles. The largest absolute Gasteiger partial charge is 0.465 e. The molecule has 0 amide bonds. The summed E-state index contributed by atoms with van der Waals surface area (Å²) in [5.41, 5.74) is 1.14. The van der Waals surface area contributed by atoms with Gasteiger partial charge in [0.15, 0.2) is 4.34 Å². The Morgan fingerprint density at radius 3 is 2.86 bits per heavy atom. The van der Waals surface area contributed by atoms with Gasteiger partial charge in [0.1, 0.15) is 11.0 Å². The maximum atomic E-state index is 12.1. The van der Waals surface area contributed by atoms with Crippen molar-refractivity contribution in [1.29, 1.82) is 0 Å². The number of rotatable bonds is 10. The average molecular weight is 332 g/mol. The number of unbranched alkanes of at least 4 members (excludes halogenated alkanes) is 1. The Hall–Kier alpha value is -0.660. The van der Waals surface area contributed by atoms with Crippen molar-refractivity contribution in [2.45, 2.75) is 62.9 Å². The lowest BCUT2D eigenvalue weighted by atomic mass is 9.94. The first-order valence-electron chi connectivity index (χ1n) is 7.32. The fourth-order valence-electron chi connectivity index (χ4n) is 2.13. The predicted octanol–water partition coefficient (Wildman–Crippen LogP) is 3.12. The van der Waals surface area contributed by atoms with E-state index in [9.17, 15) is 4.79 Å². The average Bonchev–Trinajstić information content (AvgIpc) is 2.91. The second kappa shape index (κ2) is 9.38. The predicted molar refractivity (Wildman–Crippen MR) is 87.8 cm³/mol. The zero-order valence-electron chi connectivity index (χ0n) is 13.2.